The predicted molar refractivity (Wildman–Crippen MR) is 209 cm³/mol. The fourth-order valence-corrected chi connectivity index (χ4v) is 10.9. The number of cyclic esters (lactones) is 1. The van der Waals surface area contributed by atoms with Crippen molar-refractivity contribution in [3.8, 4) is 0 Å². The molecule has 3 aliphatic heterocycles. The minimum atomic E-state index is -0.798. The van der Waals surface area contributed by atoms with Crippen LogP contribution in [0.25, 0.3) is 0 Å². The van der Waals surface area contributed by atoms with Gasteiger partial charge in [-0.25, -0.2) is 0 Å². The summed E-state index contributed by atoms with van der Waals surface area (Å²) >= 11 is 0. The van der Waals surface area contributed by atoms with Crippen LogP contribution < -0.4 is 0 Å². The zero-order valence-electron chi connectivity index (χ0n) is 35.3. The number of ether oxygens (including phenoxy) is 8. The molecule has 0 bridgehead atoms. The highest BCUT2D eigenvalue weighted by Gasteiger charge is 2.56. The Balaban J connectivity index is 1.27. The summed E-state index contributed by atoms with van der Waals surface area (Å²) in [5.41, 5.74) is 1.72. The van der Waals surface area contributed by atoms with Crippen molar-refractivity contribution < 1.29 is 52.6 Å². The molecule has 56 heavy (non-hydrogen) atoms. The molecule has 1 N–H and O–H groups in total. The van der Waals surface area contributed by atoms with Gasteiger partial charge in [0.25, 0.3) is 0 Å². The number of carbonyl (C=O) groups is 2. The van der Waals surface area contributed by atoms with Crippen LogP contribution in [0, 0.1) is 35.5 Å². The molecule has 0 radical (unpaired) electrons. The molecule has 3 saturated heterocycles. The Labute approximate surface area is 334 Å². The number of likely N-dealkylation sites (N-methyl/N-ethyl adjacent to an activating group) is 1. The highest BCUT2D eigenvalue weighted by Crippen LogP contribution is 2.56. The van der Waals surface area contributed by atoms with Crippen molar-refractivity contribution >= 4 is 11.8 Å². The monoisotopic (exact) mass is 787 g/mol. The van der Waals surface area contributed by atoms with Crippen LogP contribution in [0.1, 0.15) is 86.0 Å². The van der Waals surface area contributed by atoms with Crippen LogP contribution >= 0.6 is 0 Å². The molecule has 0 aromatic rings. The van der Waals surface area contributed by atoms with E-state index in [0.29, 0.717) is 30.9 Å². The Bertz CT molecular complexity index is 1450. The Kier molecular flexibility index (Phi) is 14.7. The summed E-state index contributed by atoms with van der Waals surface area (Å²) in [6.45, 7) is 10.1. The second kappa shape index (κ2) is 18.9. The van der Waals surface area contributed by atoms with Gasteiger partial charge < -0.3 is 47.9 Å². The number of esters is 1. The molecule has 4 fully saturated rings. The molecule has 0 spiro atoms. The van der Waals surface area contributed by atoms with Crippen molar-refractivity contribution in [2.24, 2.45) is 35.5 Å². The maximum atomic E-state index is 14.8. The average Bonchev–Trinajstić information content (AvgIpc) is 3.68. The van der Waals surface area contributed by atoms with Crippen molar-refractivity contribution in [2.75, 3.05) is 35.4 Å². The van der Waals surface area contributed by atoms with Crippen LogP contribution in [0.3, 0.4) is 0 Å². The number of aliphatic hydroxyl groups excluding tert-OH is 1. The zero-order chi connectivity index (χ0) is 40.4. The first-order valence-electron chi connectivity index (χ1n) is 21.2. The third-order valence-corrected chi connectivity index (χ3v) is 13.8. The number of hydrogen-bond acceptors (Lipinski definition) is 12. The summed E-state index contributed by atoms with van der Waals surface area (Å²) in [6, 6.07) is 0.309. The maximum Gasteiger partial charge on any atom is 0.307 e. The van der Waals surface area contributed by atoms with Gasteiger partial charge in [-0.1, -0.05) is 37.6 Å². The van der Waals surface area contributed by atoms with Crippen LogP contribution in [0.2, 0.25) is 0 Å². The molecule has 0 aromatic carbocycles. The molecule has 18 unspecified atom stereocenters. The second-order valence-electron chi connectivity index (χ2n) is 17.4. The van der Waals surface area contributed by atoms with Crippen LogP contribution in [-0.4, -0.2) is 131 Å². The first kappa shape index (κ1) is 43.6. The Hall–Kier alpha value is -2.00. The highest BCUT2D eigenvalue weighted by molar-refractivity contribution is 5.99. The van der Waals surface area contributed by atoms with E-state index in [2.05, 4.69) is 58.0 Å². The van der Waals surface area contributed by atoms with Crippen LogP contribution in [0.4, 0.5) is 0 Å². The number of aliphatic hydroxyl groups is 1. The smallest absolute Gasteiger partial charge is 0.307 e. The van der Waals surface area contributed by atoms with Crippen LogP contribution in [0.5, 0.6) is 0 Å². The molecule has 18 atom stereocenters. The van der Waals surface area contributed by atoms with Gasteiger partial charge in [0, 0.05) is 45.1 Å². The molecule has 0 amide bonds. The van der Waals surface area contributed by atoms with Gasteiger partial charge in [-0.3, -0.25) is 9.59 Å². The van der Waals surface area contributed by atoms with E-state index in [-0.39, 0.29) is 78.3 Å². The lowest BCUT2D eigenvalue weighted by molar-refractivity contribution is -0.319. The quantitative estimate of drug-likeness (QED) is 0.225. The third-order valence-electron chi connectivity index (χ3n) is 13.8. The number of Topliss-reactive ketones (excluding diaryl/α,β-unsaturated/α-hetero) is 1. The first-order chi connectivity index (χ1) is 26.8. The molecule has 0 aromatic heterocycles. The number of ketones is 1. The zero-order valence-corrected chi connectivity index (χ0v) is 35.3. The molecule has 316 valence electrons. The normalized spacial score (nSPS) is 45.0. The third kappa shape index (κ3) is 8.94. The number of methoxy groups -OCH3 is 3. The van der Waals surface area contributed by atoms with Gasteiger partial charge >= 0.3 is 5.97 Å². The highest BCUT2D eigenvalue weighted by atomic mass is 16.7. The molecule has 3 aliphatic carbocycles. The van der Waals surface area contributed by atoms with Gasteiger partial charge in [0.15, 0.2) is 18.4 Å². The van der Waals surface area contributed by atoms with Crippen molar-refractivity contribution in [3.05, 3.63) is 35.5 Å². The van der Waals surface area contributed by atoms with Crippen molar-refractivity contribution in [1.29, 1.82) is 0 Å². The number of allylic oxidation sites excluding steroid dienone is 4. The molecular weight excluding hydrogens is 718 g/mol. The summed E-state index contributed by atoms with van der Waals surface area (Å²) < 4.78 is 49.6. The fourth-order valence-electron chi connectivity index (χ4n) is 10.9. The van der Waals surface area contributed by atoms with E-state index < -0.39 is 42.9 Å². The fraction of sp³-hybridized carbons (Fsp3) is 0.818. The predicted octanol–water partition coefficient (Wildman–Crippen LogP) is 5.40. The molecule has 6 aliphatic rings. The van der Waals surface area contributed by atoms with E-state index in [1.807, 2.05) is 19.9 Å². The number of nitrogens with zero attached hydrogens (tertiary/aromatic N) is 1. The van der Waals surface area contributed by atoms with Gasteiger partial charge in [0.2, 0.25) is 0 Å². The summed E-state index contributed by atoms with van der Waals surface area (Å²) in [6.07, 6.45) is 8.73. The Morgan fingerprint density at radius 3 is 2.27 bits per heavy atom. The lowest BCUT2D eigenvalue weighted by atomic mass is 9.67. The van der Waals surface area contributed by atoms with E-state index in [0.717, 1.165) is 31.3 Å². The Morgan fingerprint density at radius 2 is 1.61 bits per heavy atom. The van der Waals surface area contributed by atoms with E-state index in [1.54, 1.807) is 21.3 Å². The van der Waals surface area contributed by atoms with Crippen LogP contribution in [0.15, 0.2) is 35.5 Å². The van der Waals surface area contributed by atoms with Crippen molar-refractivity contribution in [3.63, 3.8) is 0 Å². The van der Waals surface area contributed by atoms with Gasteiger partial charge in [-0.05, 0) is 109 Å². The maximum absolute atomic E-state index is 14.8. The number of rotatable bonds is 10. The van der Waals surface area contributed by atoms with Gasteiger partial charge in [-0.15, -0.1) is 0 Å². The second-order valence-corrected chi connectivity index (χ2v) is 17.4. The van der Waals surface area contributed by atoms with E-state index >= 15 is 0 Å². The van der Waals surface area contributed by atoms with E-state index in [4.69, 9.17) is 37.9 Å². The molecular formula is C44H69NO11. The molecule has 3 heterocycles. The van der Waals surface area contributed by atoms with E-state index in [9.17, 15) is 14.7 Å². The van der Waals surface area contributed by atoms with E-state index in [1.165, 1.54) is 0 Å². The molecule has 12 heteroatoms. The number of carbonyl (C=O) groups excluding carboxylic acids is 2. The molecule has 12 nitrogen and oxygen atoms in total. The largest absolute Gasteiger partial charge is 0.458 e. The lowest BCUT2D eigenvalue weighted by Crippen LogP contribution is -2.60. The minimum Gasteiger partial charge on any atom is -0.458 e. The van der Waals surface area contributed by atoms with Crippen molar-refractivity contribution in [2.45, 2.75) is 160 Å². The van der Waals surface area contributed by atoms with Gasteiger partial charge in [0.1, 0.15) is 24.4 Å². The summed E-state index contributed by atoms with van der Waals surface area (Å²) in [4.78, 5) is 30.8. The summed E-state index contributed by atoms with van der Waals surface area (Å²) in [5, 5.41) is 11.9. The van der Waals surface area contributed by atoms with Crippen molar-refractivity contribution in [1.82, 2.24) is 4.90 Å². The molecule has 1 saturated carbocycles. The number of hydrogen-bond donors (Lipinski definition) is 1. The van der Waals surface area contributed by atoms with Gasteiger partial charge in [-0.2, -0.15) is 0 Å². The number of fused-ring (bicyclic) bond motifs is 5. The first-order valence-corrected chi connectivity index (χ1v) is 21.2. The SMILES string of the molecule is CCC=CC1CCCC(OC2CCC(N(C)C)C(C)O2)C(C)C(=O)C2=CC3C(C=C(C)C4C(O)C(OC5OC(C)C(OC)C(OC)C5OC)CC34)C2CC(=O)O1. The summed E-state index contributed by atoms with van der Waals surface area (Å²) in [7, 11) is 8.99. The average molecular weight is 788 g/mol. The standard InChI is InChI=1S/C44H69NO11/c1-11-12-14-27-15-13-16-34(55-37-18-17-33(45(6)7)25(4)52-37)24(3)39(47)32-20-29-28(30(32)22-36(46)54-27)19-23(2)38-31(29)21-35(40(38)48)56-44-43(51-10)42(50-9)41(49-8)26(5)53-44/h12,14,19-20,24-31,33-35,37-38,40-44,48H,11,13,15-18,21-22H2,1-10H3. The summed E-state index contributed by atoms with van der Waals surface area (Å²) in [5.74, 6) is -1.44. The topological polar surface area (TPSA) is 131 Å². The minimum absolute atomic E-state index is 0.00343. The van der Waals surface area contributed by atoms with Crippen LogP contribution in [-0.2, 0) is 47.5 Å². The molecule has 6 rings (SSSR count). The lowest BCUT2D eigenvalue weighted by Gasteiger charge is -2.44. The Morgan fingerprint density at radius 1 is 0.875 bits per heavy atom. The van der Waals surface area contributed by atoms with Gasteiger partial charge in [0.05, 0.1) is 36.9 Å².